The number of nitrogens with one attached hydrogen (secondary N) is 2. The van der Waals surface area contributed by atoms with Gasteiger partial charge in [0, 0.05) is 39.5 Å². The molecule has 1 fully saturated rings. The first kappa shape index (κ1) is 24.9. The second kappa shape index (κ2) is 9.47. The second-order valence-corrected chi connectivity index (χ2v) is 10.9. The Kier molecular flexibility index (Phi) is 6.94. The predicted molar refractivity (Wildman–Crippen MR) is 145 cm³/mol. The van der Waals surface area contributed by atoms with E-state index in [-0.39, 0.29) is 17.7 Å². The number of benzene rings is 3. The van der Waals surface area contributed by atoms with Crippen LogP contribution in [0.5, 0.6) is 0 Å². The van der Waals surface area contributed by atoms with E-state index in [9.17, 15) is 4.39 Å². The van der Waals surface area contributed by atoms with Gasteiger partial charge in [0.2, 0.25) is 0 Å². The molecule has 0 aromatic heterocycles. The first-order chi connectivity index (χ1) is 16.0. The maximum absolute atomic E-state index is 14.3. The molecule has 0 amide bonds. The highest BCUT2D eigenvalue weighted by molar-refractivity contribution is 6.52. The highest BCUT2D eigenvalue weighted by atomic mass is 35.5. The van der Waals surface area contributed by atoms with Crippen LogP contribution in [0.3, 0.4) is 0 Å². The van der Waals surface area contributed by atoms with Gasteiger partial charge < -0.3 is 10.6 Å². The molecule has 176 valence electrons. The molecule has 1 saturated carbocycles. The molecular formula is C27H23Cl4FN2. The van der Waals surface area contributed by atoms with Crippen LogP contribution in [0, 0.1) is 25.6 Å². The summed E-state index contributed by atoms with van der Waals surface area (Å²) in [7, 11) is 0. The van der Waals surface area contributed by atoms with Crippen molar-refractivity contribution < 1.29 is 4.39 Å². The summed E-state index contributed by atoms with van der Waals surface area (Å²) in [6.45, 7) is 12.0. The van der Waals surface area contributed by atoms with E-state index in [0.29, 0.717) is 32.7 Å². The van der Waals surface area contributed by atoms with E-state index in [1.807, 2.05) is 50.2 Å². The van der Waals surface area contributed by atoms with Crippen molar-refractivity contribution >= 4 is 63.5 Å². The molecule has 2 nitrogen and oxygen atoms in total. The van der Waals surface area contributed by atoms with Gasteiger partial charge in [-0.1, -0.05) is 48.5 Å². The van der Waals surface area contributed by atoms with Crippen LogP contribution in [0.4, 0.5) is 15.8 Å². The number of halogens is 5. The maximum Gasteiger partial charge on any atom is 0.146 e. The Morgan fingerprint density at radius 2 is 1.65 bits per heavy atom. The third kappa shape index (κ3) is 5.08. The summed E-state index contributed by atoms with van der Waals surface area (Å²) < 4.78 is 13.3. The van der Waals surface area contributed by atoms with E-state index in [1.54, 1.807) is 12.1 Å². The van der Waals surface area contributed by atoms with Crippen molar-refractivity contribution in [3.05, 3.63) is 112 Å². The molecule has 4 rings (SSSR count). The minimum Gasteiger partial charge on any atom is -0.359 e. The molecule has 3 aromatic carbocycles. The number of alkyl halides is 2. The fourth-order valence-corrected chi connectivity index (χ4v) is 5.59. The molecule has 0 bridgehead atoms. The summed E-state index contributed by atoms with van der Waals surface area (Å²) in [4.78, 5) is 0. The summed E-state index contributed by atoms with van der Waals surface area (Å²) in [5.74, 6) is -0.714. The SMILES string of the molecule is C=C(Nc1ccc(C)cc1F)c1cc(NC(=C)C2C(c3cc(C)cc(Cl)c3)C2(Cl)Cl)ccc1Cl. The standard InChI is InChI=1S/C27H23Cl4FN2/c1-14-5-8-24(23(32)11-14)34-16(3)21-13-20(6-7-22(21)29)33-17(4)25-26(27(25,30)31)18-9-15(2)10-19(28)12-18/h5-13,25-26,33-34H,3-4H2,1-2H3. The van der Waals surface area contributed by atoms with Gasteiger partial charge in [-0.2, -0.15) is 0 Å². The first-order valence-corrected chi connectivity index (χ1v) is 12.1. The summed E-state index contributed by atoms with van der Waals surface area (Å²) in [6.07, 6.45) is 0. The normalized spacial score (nSPS) is 18.3. The predicted octanol–water partition coefficient (Wildman–Crippen LogP) is 9.35. The van der Waals surface area contributed by atoms with E-state index in [4.69, 9.17) is 46.4 Å². The lowest BCUT2D eigenvalue weighted by atomic mass is 10.1. The van der Waals surface area contributed by atoms with Crippen LogP contribution in [0.2, 0.25) is 10.0 Å². The lowest BCUT2D eigenvalue weighted by Gasteiger charge is -2.15. The fraction of sp³-hybridized carbons (Fsp3) is 0.185. The zero-order valence-corrected chi connectivity index (χ0v) is 21.7. The third-order valence-electron chi connectivity index (χ3n) is 5.86. The Morgan fingerprint density at radius 3 is 2.32 bits per heavy atom. The Hall–Kier alpha value is -2.17. The van der Waals surface area contributed by atoms with E-state index in [0.717, 1.165) is 22.4 Å². The van der Waals surface area contributed by atoms with Crippen LogP contribution in [0.15, 0.2) is 73.5 Å². The molecular weight excluding hydrogens is 513 g/mol. The van der Waals surface area contributed by atoms with Crippen LogP contribution in [-0.4, -0.2) is 4.33 Å². The largest absolute Gasteiger partial charge is 0.359 e. The average Bonchev–Trinajstić information content (AvgIpc) is 3.33. The molecule has 1 aliphatic rings. The Balaban J connectivity index is 1.52. The molecule has 2 atom stereocenters. The molecule has 2 unspecified atom stereocenters. The lowest BCUT2D eigenvalue weighted by molar-refractivity contribution is 0.631. The van der Waals surface area contributed by atoms with Gasteiger partial charge in [0.05, 0.1) is 10.7 Å². The quantitative estimate of drug-likeness (QED) is 0.294. The van der Waals surface area contributed by atoms with Crippen molar-refractivity contribution in [3.8, 4) is 0 Å². The maximum atomic E-state index is 14.3. The number of allylic oxidation sites excluding steroid dienone is 1. The van der Waals surface area contributed by atoms with Crippen molar-refractivity contribution in [2.45, 2.75) is 24.1 Å². The molecule has 7 heteroatoms. The third-order valence-corrected chi connectivity index (χ3v) is 7.35. The number of hydrogen-bond acceptors (Lipinski definition) is 2. The van der Waals surface area contributed by atoms with E-state index in [1.165, 1.54) is 6.07 Å². The van der Waals surface area contributed by atoms with Gasteiger partial charge >= 0.3 is 0 Å². The summed E-state index contributed by atoms with van der Waals surface area (Å²) in [6, 6.07) is 16.1. The zero-order valence-electron chi connectivity index (χ0n) is 18.7. The summed E-state index contributed by atoms with van der Waals surface area (Å²) in [5, 5.41) is 7.42. The Morgan fingerprint density at radius 1 is 0.912 bits per heavy atom. The van der Waals surface area contributed by atoms with Crippen LogP contribution in [0.25, 0.3) is 5.70 Å². The van der Waals surface area contributed by atoms with E-state index in [2.05, 4.69) is 23.8 Å². The average molecular weight is 536 g/mol. The van der Waals surface area contributed by atoms with Gasteiger partial charge in [-0.05, 0) is 73.0 Å². The van der Waals surface area contributed by atoms with Gasteiger partial charge in [0.25, 0.3) is 0 Å². The number of hydrogen-bond donors (Lipinski definition) is 2. The molecule has 34 heavy (non-hydrogen) atoms. The smallest absolute Gasteiger partial charge is 0.146 e. The first-order valence-electron chi connectivity index (χ1n) is 10.6. The minimum absolute atomic E-state index is 0.138. The van der Waals surface area contributed by atoms with Gasteiger partial charge in [-0.15, -0.1) is 23.2 Å². The molecule has 0 heterocycles. The van der Waals surface area contributed by atoms with Gasteiger partial charge in [-0.3, -0.25) is 0 Å². The van der Waals surface area contributed by atoms with Crippen LogP contribution >= 0.6 is 46.4 Å². The Labute approximate surface area is 219 Å². The number of rotatable bonds is 7. The van der Waals surface area contributed by atoms with Gasteiger partial charge in [-0.25, -0.2) is 4.39 Å². The van der Waals surface area contributed by atoms with Crippen molar-refractivity contribution in [1.29, 1.82) is 0 Å². The molecule has 1 aliphatic carbocycles. The second-order valence-electron chi connectivity index (χ2n) is 8.62. The van der Waals surface area contributed by atoms with Gasteiger partial charge in [0.15, 0.2) is 0 Å². The molecule has 0 spiro atoms. The topological polar surface area (TPSA) is 24.1 Å². The van der Waals surface area contributed by atoms with Crippen LogP contribution < -0.4 is 10.6 Å². The molecule has 0 radical (unpaired) electrons. The highest BCUT2D eigenvalue weighted by Crippen LogP contribution is 2.67. The Bertz CT molecular complexity index is 1280. The minimum atomic E-state index is -0.995. The van der Waals surface area contributed by atoms with E-state index >= 15 is 0 Å². The molecule has 3 aromatic rings. The molecule has 0 aliphatic heterocycles. The van der Waals surface area contributed by atoms with Crippen molar-refractivity contribution in [2.75, 3.05) is 10.6 Å². The lowest BCUT2D eigenvalue weighted by Crippen LogP contribution is -2.06. The fourth-order valence-electron chi connectivity index (χ4n) is 4.17. The number of anilines is 2. The van der Waals surface area contributed by atoms with E-state index < -0.39 is 4.33 Å². The highest BCUT2D eigenvalue weighted by Gasteiger charge is 2.65. The van der Waals surface area contributed by atoms with Crippen molar-refractivity contribution in [3.63, 3.8) is 0 Å². The molecule has 2 N–H and O–H groups in total. The van der Waals surface area contributed by atoms with Crippen LogP contribution in [-0.2, 0) is 0 Å². The molecule has 0 saturated heterocycles. The van der Waals surface area contributed by atoms with Crippen molar-refractivity contribution in [2.24, 2.45) is 5.92 Å². The van der Waals surface area contributed by atoms with Crippen LogP contribution in [0.1, 0.15) is 28.2 Å². The summed E-state index contributed by atoms with van der Waals surface area (Å²) >= 11 is 25.9. The number of aryl methyl sites for hydroxylation is 2. The summed E-state index contributed by atoms with van der Waals surface area (Å²) in [5.41, 5.74) is 5.65. The van der Waals surface area contributed by atoms with Crippen molar-refractivity contribution in [1.82, 2.24) is 0 Å². The zero-order chi connectivity index (χ0) is 24.8. The monoisotopic (exact) mass is 534 g/mol. The van der Waals surface area contributed by atoms with Gasteiger partial charge in [0.1, 0.15) is 10.2 Å².